The van der Waals surface area contributed by atoms with Crippen LogP contribution in [0.15, 0.2) is 24.7 Å². The first-order valence-electron chi connectivity index (χ1n) is 11.4. The van der Waals surface area contributed by atoms with Crippen molar-refractivity contribution in [2.75, 3.05) is 26.2 Å². The molecule has 5 rings (SSSR count). The summed E-state index contributed by atoms with van der Waals surface area (Å²) in [5.74, 6) is -0.663. The van der Waals surface area contributed by atoms with E-state index in [1.165, 1.54) is 28.9 Å². The lowest BCUT2D eigenvalue weighted by atomic mass is 10.1. The first kappa shape index (κ1) is 23.7. The van der Waals surface area contributed by atoms with Crippen LogP contribution in [-0.4, -0.2) is 73.5 Å². The Balaban J connectivity index is 1.44. The van der Waals surface area contributed by atoms with Crippen LogP contribution in [0.2, 0.25) is 0 Å². The van der Waals surface area contributed by atoms with Gasteiger partial charge in [0, 0.05) is 38.4 Å². The molecule has 184 valence electrons. The number of amides is 2. The number of carbonyl (C=O) groups is 2. The number of nitrogens with zero attached hydrogens (tertiary/aromatic N) is 5. The van der Waals surface area contributed by atoms with Crippen LogP contribution in [0.1, 0.15) is 38.4 Å². The Morgan fingerprint density at radius 3 is 2.80 bits per heavy atom. The number of piperidine rings is 1. The summed E-state index contributed by atoms with van der Waals surface area (Å²) >= 11 is 2.83. The zero-order valence-corrected chi connectivity index (χ0v) is 21.2. The van der Waals surface area contributed by atoms with E-state index in [-0.39, 0.29) is 12.0 Å². The lowest BCUT2D eigenvalue weighted by Crippen LogP contribution is -2.42. The van der Waals surface area contributed by atoms with Crippen LogP contribution in [0.3, 0.4) is 0 Å². The van der Waals surface area contributed by atoms with Crippen LogP contribution in [-0.2, 0) is 7.05 Å². The zero-order chi connectivity index (χ0) is 24.7. The smallest absolute Gasteiger partial charge is 0.261 e. The molecular formula is C23H27N7O3S2. The molecule has 12 heteroatoms. The SMILES string of the molecule is Cc1cc(C(=O)NCCN2CCCC(O)C2)sc1-c1c(-c2cnn(C)c2)sc2c(C(N)=O)cnn12. The van der Waals surface area contributed by atoms with Gasteiger partial charge in [0.05, 0.1) is 38.7 Å². The summed E-state index contributed by atoms with van der Waals surface area (Å²) in [4.78, 5) is 30.1. The number of nitrogens with one attached hydrogen (secondary N) is 1. The summed E-state index contributed by atoms with van der Waals surface area (Å²) in [6.45, 7) is 4.78. The topological polar surface area (TPSA) is 131 Å². The van der Waals surface area contributed by atoms with E-state index in [1.807, 2.05) is 26.2 Å². The van der Waals surface area contributed by atoms with Crippen LogP contribution in [0.5, 0.6) is 0 Å². The fourth-order valence-electron chi connectivity index (χ4n) is 4.42. The third kappa shape index (κ3) is 4.61. The standard InChI is InChI=1S/C23H27N7O3S2/c1-13-8-17(22(33)25-5-7-29-6-3-4-15(31)12-29)34-19(13)18-20(14-9-26-28(2)11-14)35-23-16(21(24)32)10-27-30(18)23/h8-11,15,31H,3-7,12H2,1-2H3,(H2,24,32)(H,25,33). The molecule has 1 aliphatic heterocycles. The average molecular weight is 514 g/mol. The molecule has 1 saturated heterocycles. The number of aromatic nitrogens is 4. The molecule has 2 amide bonds. The van der Waals surface area contributed by atoms with Crippen LogP contribution >= 0.6 is 22.7 Å². The van der Waals surface area contributed by atoms with Gasteiger partial charge in [0.25, 0.3) is 11.8 Å². The highest BCUT2D eigenvalue weighted by Crippen LogP contribution is 2.44. The molecule has 0 saturated carbocycles. The summed E-state index contributed by atoms with van der Waals surface area (Å²) in [7, 11) is 1.85. The number of aryl methyl sites for hydroxylation is 2. The zero-order valence-electron chi connectivity index (χ0n) is 19.5. The molecule has 1 aliphatic rings. The molecular weight excluding hydrogens is 486 g/mol. The van der Waals surface area contributed by atoms with E-state index in [9.17, 15) is 14.7 Å². The molecule has 0 spiro atoms. The van der Waals surface area contributed by atoms with Gasteiger partial charge in [-0.25, -0.2) is 4.52 Å². The maximum absolute atomic E-state index is 12.9. The molecule has 4 aromatic rings. The van der Waals surface area contributed by atoms with Gasteiger partial charge < -0.3 is 16.2 Å². The molecule has 1 unspecified atom stereocenters. The van der Waals surface area contributed by atoms with E-state index < -0.39 is 5.91 Å². The van der Waals surface area contributed by atoms with E-state index in [2.05, 4.69) is 20.4 Å². The minimum atomic E-state index is -0.533. The third-order valence-electron chi connectivity index (χ3n) is 6.13. The normalized spacial score (nSPS) is 16.7. The number of nitrogens with two attached hydrogens (primary N) is 1. The van der Waals surface area contributed by atoms with Gasteiger partial charge in [-0.2, -0.15) is 10.2 Å². The number of hydrogen-bond donors (Lipinski definition) is 3. The molecule has 5 heterocycles. The lowest BCUT2D eigenvalue weighted by Gasteiger charge is -2.29. The van der Waals surface area contributed by atoms with Gasteiger partial charge in [0.15, 0.2) is 0 Å². The Morgan fingerprint density at radius 1 is 1.26 bits per heavy atom. The van der Waals surface area contributed by atoms with Gasteiger partial charge in [-0.3, -0.25) is 19.2 Å². The van der Waals surface area contributed by atoms with Crippen molar-refractivity contribution in [3.05, 3.63) is 40.7 Å². The van der Waals surface area contributed by atoms with Crippen molar-refractivity contribution in [3.63, 3.8) is 0 Å². The number of aliphatic hydroxyl groups is 1. The number of fused-ring (bicyclic) bond motifs is 1. The van der Waals surface area contributed by atoms with Crippen LogP contribution < -0.4 is 11.1 Å². The first-order chi connectivity index (χ1) is 16.8. The number of aliphatic hydroxyl groups excluding tert-OH is 1. The first-order valence-corrected chi connectivity index (χ1v) is 13.0. The summed E-state index contributed by atoms with van der Waals surface area (Å²) in [6.07, 6.45) is 6.70. The highest BCUT2D eigenvalue weighted by Gasteiger charge is 2.25. The molecule has 35 heavy (non-hydrogen) atoms. The number of likely N-dealkylation sites (tertiary alicyclic amines) is 1. The number of hydrogen-bond acceptors (Lipinski definition) is 8. The Bertz CT molecular complexity index is 1400. The summed E-state index contributed by atoms with van der Waals surface area (Å²) in [5, 5.41) is 21.6. The number of thiophene rings is 1. The monoisotopic (exact) mass is 513 g/mol. The van der Waals surface area contributed by atoms with Gasteiger partial charge >= 0.3 is 0 Å². The van der Waals surface area contributed by atoms with E-state index in [1.54, 1.807) is 15.4 Å². The van der Waals surface area contributed by atoms with Crippen molar-refractivity contribution in [3.8, 4) is 21.0 Å². The van der Waals surface area contributed by atoms with Crippen LogP contribution in [0, 0.1) is 6.92 Å². The lowest BCUT2D eigenvalue weighted by molar-refractivity contribution is 0.0703. The predicted octanol–water partition coefficient (Wildman–Crippen LogP) is 2.12. The Kier molecular flexibility index (Phi) is 6.45. The van der Waals surface area contributed by atoms with E-state index in [4.69, 9.17) is 5.73 Å². The molecule has 10 nitrogen and oxygen atoms in total. The van der Waals surface area contributed by atoms with E-state index >= 15 is 0 Å². The van der Waals surface area contributed by atoms with E-state index in [0.29, 0.717) is 34.9 Å². The van der Waals surface area contributed by atoms with Gasteiger partial charge in [-0.15, -0.1) is 22.7 Å². The van der Waals surface area contributed by atoms with Crippen LogP contribution in [0.4, 0.5) is 0 Å². The van der Waals surface area contributed by atoms with Gasteiger partial charge in [-0.05, 0) is 37.9 Å². The average Bonchev–Trinajstić information content (AvgIpc) is 3.57. The quantitative estimate of drug-likeness (QED) is 0.347. The Hall–Kier alpha value is -3.06. The molecule has 0 aliphatic carbocycles. The predicted molar refractivity (Wildman–Crippen MR) is 136 cm³/mol. The minimum absolute atomic E-state index is 0.130. The highest BCUT2D eigenvalue weighted by molar-refractivity contribution is 7.22. The molecule has 0 bridgehead atoms. The largest absolute Gasteiger partial charge is 0.392 e. The third-order valence-corrected chi connectivity index (χ3v) is 8.60. The number of carbonyl (C=O) groups excluding carboxylic acids is 2. The molecule has 4 N–H and O–H groups in total. The van der Waals surface area contributed by atoms with Crippen molar-refractivity contribution >= 4 is 39.3 Å². The molecule has 0 radical (unpaired) electrons. The number of rotatable bonds is 7. The number of β-amino-alcohol motifs (C(OH)–C–C–N with tert-alkyl or cyclic N) is 1. The fraction of sp³-hybridized carbons (Fsp3) is 0.391. The second kappa shape index (κ2) is 9.53. The second-order valence-corrected chi connectivity index (χ2v) is 10.8. The minimum Gasteiger partial charge on any atom is -0.392 e. The van der Waals surface area contributed by atoms with Crippen molar-refractivity contribution in [2.24, 2.45) is 12.8 Å². The van der Waals surface area contributed by atoms with Gasteiger partial charge in [-0.1, -0.05) is 0 Å². The Labute approximate surface area is 210 Å². The van der Waals surface area contributed by atoms with E-state index in [0.717, 1.165) is 46.0 Å². The fourth-order valence-corrected chi connectivity index (χ4v) is 6.80. The summed E-state index contributed by atoms with van der Waals surface area (Å²) < 4.78 is 3.45. The molecule has 4 aromatic heterocycles. The van der Waals surface area contributed by atoms with Crippen molar-refractivity contribution in [1.29, 1.82) is 0 Å². The maximum atomic E-state index is 12.9. The van der Waals surface area contributed by atoms with Crippen molar-refractivity contribution in [2.45, 2.75) is 25.9 Å². The van der Waals surface area contributed by atoms with Crippen molar-refractivity contribution < 1.29 is 14.7 Å². The van der Waals surface area contributed by atoms with Crippen LogP contribution in [0.25, 0.3) is 25.8 Å². The molecule has 0 aromatic carbocycles. The summed E-state index contributed by atoms with van der Waals surface area (Å²) in [5.41, 5.74) is 8.60. The highest BCUT2D eigenvalue weighted by atomic mass is 32.1. The van der Waals surface area contributed by atoms with Gasteiger partial charge in [0.2, 0.25) is 0 Å². The second-order valence-electron chi connectivity index (χ2n) is 8.80. The molecule has 1 fully saturated rings. The van der Waals surface area contributed by atoms with Gasteiger partial charge in [0.1, 0.15) is 10.5 Å². The Morgan fingerprint density at radius 2 is 2.09 bits per heavy atom. The summed E-state index contributed by atoms with van der Waals surface area (Å²) in [6, 6.07) is 1.88. The molecule has 1 atom stereocenters. The maximum Gasteiger partial charge on any atom is 0.261 e. The number of thiazole rings is 1. The van der Waals surface area contributed by atoms with Crippen molar-refractivity contribution in [1.82, 2.24) is 29.6 Å². The number of primary amides is 1.